The third kappa shape index (κ3) is 3.38. The van der Waals surface area contributed by atoms with E-state index in [9.17, 15) is 14.4 Å². The molecule has 11 nitrogen and oxygen atoms in total. The molecule has 1 aliphatic rings. The van der Waals surface area contributed by atoms with Gasteiger partial charge in [0.1, 0.15) is 11.6 Å². The van der Waals surface area contributed by atoms with E-state index in [2.05, 4.69) is 20.4 Å². The monoisotopic (exact) mass is 459 g/mol. The van der Waals surface area contributed by atoms with Crippen molar-refractivity contribution in [2.24, 2.45) is 0 Å². The molecule has 1 fully saturated rings. The molecule has 1 saturated heterocycles. The van der Waals surface area contributed by atoms with Crippen LogP contribution in [0.2, 0.25) is 0 Å². The fraction of sp³-hybridized carbons (Fsp3) is 0.217. The van der Waals surface area contributed by atoms with E-state index in [1.807, 2.05) is 12.1 Å². The van der Waals surface area contributed by atoms with E-state index < -0.39 is 17.7 Å². The van der Waals surface area contributed by atoms with Crippen molar-refractivity contribution in [1.29, 1.82) is 0 Å². The first-order valence-corrected chi connectivity index (χ1v) is 10.6. The summed E-state index contributed by atoms with van der Waals surface area (Å²) in [5.41, 5.74) is 3.71. The molecule has 1 atom stereocenters. The van der Waals surface area contributed by atoms with E-state index in [4.69, 9.17) is 13.4 Å². The summed E-state index contributed by atoms with van der Waals surface area (Å²) in [7, 11) is 0. The molecular weight excluding hydrogens is 442 g/mol. The van der Waals surface area contributed by atoms with Crippen molar-refractivity contribution in [2.45, 2.75) is 32.2 Å². The van der Waals surface area contributed by atoms with E-state index >= 15 is 0 Å². The van der Waals surface area contributed by atoms with Gasteiger partial charge in [0.2, 0.25) is 23.5 Å². The Labute approximate surface area is 190 Å². The number of fused-ring (bicyclic) bond motifs is 2. The number of nitrogens with zero attached hydrogens (tertiary/aromatic N) is 4. The molecule has 0 radical (unpaired) electrons. The number of amides is 2. The number of piperidine rings is 1. The Bertz CT molecular complexity index is 1660. The Kier molecular flexibility index (Phi) is 4.44. The first-order chi connectivity index (χ1) is 16.4. The van der Waals surface area contributed by atoms with Crippen LogP contribution in [-0.2, 0) is 16.0 Å². The van der Waals surface area contributed by atoms with Crippen LogP contribution in [0, 0.1) is 6.92 Å². The summed E-state index contributed by atoms with van der Waals surface area (Å²) >= 11 is 0. The van der Waals surface area contributed by atoms with Crippen LogP contribution in [0.3, 0.4) is 0 Å². The highest BCUT2D eigenvalue weighted by molar-refractivity contribution is 6.00. The summed E-state index contributed by atoms with van der Waals surface area (Å²) in [6, 6.07) is 9.86. The highest BCUT2D eigenvalue weighted by atomic mass is 16.5. The summed E-state index contributed by atoms with van der Waals surface area (Å²) in [5, 5.41) is 6.34. The lowest BCUT2D eigenvalue weighted by Gasteiger charge is -2.21. The zero-order valence-electron chi connectivity index (χ0n) is 17.9. The molecule has 0 saturated carbocycles. The van der Waals surface area contributed by atoms with E-state index in [1.54, 1.807) is 31.2 Å². The number of carbonyl (C=O) groups is 2. The number of oxazole rings is 2. The molecule has 2 amide bonds. The van der Waals surface area contributed by atoms with Crippen LogP contribution in [0.15, 0.2) is 54.6 Å². The van der Waals surface area contributed by atoms with Crippen molar-refractivity contribution in [2.75, 3.05) is 0 Å². The van der Waals surface area contributed by atoms with Gasteiger partial charge < -0.3 is 13.4 Å². The molecule has 3 aromatic heterocycles. The van der Waals surface area contributed by atoms with Gasteiger partial charge in [-0.15, -0.1) is 0 Å². The Morgan fingerprint density at radius 1 is 1.06 bits per heavy atom. The Morgan fingerprint density at radius 3 is 2.79 bits per heavy atom. The van der Waals surface area contributed by atoms with Crippen LogP contribution in [0.1, 0.15) is 36.2 Å². The molecule has 11 heteroatoms. The zero-order chi connectivity index (χ0) is 23.4. The van der Waals surface area contributed by atoms with Gasteiger partial charge in [-0.25, -0.2) is 9.78 Å². The predicted molar refractivity (Wildman–Crippen MR) is 117 cm³/mol. The molecule has 1 unspecified atom stereocenters. The lowest BCUT2D eigenvalue weighted by molar-refractivity contribution is -0.135. The van der Waals surface area contributed by atoms with Gasteiger partial charge in [-0.3, -0.25) is 19.5 Å². The smallest absolute Gasteiger partial charge is 0.420 e. The molecule has 2 aromatic carbocycles. The van der Waals surface area contributed by atoms with Crippen LogP contribution >= 0.6 is 0 Å². The minimum atomic E-state index is -0.814. The summed E-state index contributed by atoms with van der Waals surface area (Å²) in [6.45, 7) is 1.78. The van der Waals surface area contributed by atoms with Gasteiger partial charge in [-0.1, -0.05) is 11.2 Å². The van der Waals surface area contributed by atoms with E-state index in [0.29, 0.717) is 40.7 Å². The summed E-state index contributed by atoms with van der Waals surface area (Å²) in [6.07, 6.45) is 0.687. The molecule has 170 valence electrons. The average Bonchev–Trinajstić information content (AvgIpc) is 3.49. The summed E-state index contributed by atoms with van der Waals surface area (Å²) in [4.78, 5) is 45.0. The normalized spacial score (nSPS) is 16.4. The second-order valence-corrected chi connectivity index (χ2v) is 8.11. The standard InChI is InChI=1S/C23H17N5O6/c1-11-24-14-4-3-13(10-18(14)32-11)21-26-20(34-27-21)9-12-2-6-17-16(8-12)28(23(31)33-17)15-5-7-19(29)25-22(15)30/h2-4,6,8,10,15H,5,7,9H2,1H3,(H,25,29,30). The van der Waals surface area contributed by atoms with Gasteiger partial charge in [0.25, 0.3) is 0 Å². The van der Waals surface area contributed by atoms with E-state index in [-0.39, 0.29) is 18.7 Å². The second-order valence-electron chi connectivity index (χ2n) is 8.11. The fourth-order valence-electron chi connectivity index (χ4n) is 4.21. The third-order valence-electron chi connectivity index (χ3n) is 5.78. The van der Waals surface area contributed by atoms with Crippen molar-refractivity contribution >= 4 is 34.0 Å². The van der Waals surface area contributed by atoms with E-state index in [0.717, 1.165) is 16.6 Å². The van der Waals surface area contributed by atoms with Gasteiger partial charge in [0, 0.05) is 18.9 Å². The summed E-state index contributed by atoms with van der Waals surface area (Å²) in [5.74, 6) is -0.164. The number of imide groups is 1. The predicted octanol–water partition coefficient (Wildman–Crippen LogP) is 2.66. The topological polar surface area (TPSA) is 146 Å². The number of hydrogen-bond donors (Lipinski definition) is 1. The Balaban J connectivity index is 1.30. The number of nitrogens with one attached hydrogen (secondary N) is 1. The van der Waals surface area contributed by atoms with E-state index in [1.165, 1.54) is 4.57 Å². The number of hydrogen-bond acceptors (Lipinski definition) is 9. The van der Waals surface area contributed by atoms with Crippen LogP contribution < -0.4 is 11.1 Å². The maximum atomic E-state index is 12.5. The minimum absolute atomic E-state index is 0.152. The number of aryl methyl sites for hydroxylation is 1. The number of carbonyl (C=O) groups excluding carboxylic acids is 2. The number of aromatic nitrogens is 4. The highest BCUT2D eigenvalue weighted by Gasteiger charge is 2.31. The number of benzene rings is 2. The fourth-order valence-corrected chi connectivity index (χ4v) is 4.21. The molecule has 1 N–H and O–H groups in total. The van der Waals surface area contributed by atoms with Crippen molar-refractivity contribution in [3.63, 3.8) is 0 Å². The van der Waals surface area contributed by atoms with Gasteiger partial charge in [-0.2, -0.15) is 4.98 Å². The molecule has 0 spiro atoms. The molecule has 1 aliphatic heterocycles. The Hall–Kier alpha value is -4.54. The molecule has 0 bridgehead atoms. The van der Waals surface area contributed by atoms with Gasteiger partial charge in [-0.05, 0) is 42.3 Å². The number of rotatable bonds is 4. The lowest BCUT2D eigenvalue weighted by atomic mass is 10.1. The minimum Gasteiger partial charge on any atom is -0.441 e. The van der Waals surface area contributed by atoms with Crippen LogP contribution in [0.4, 0.5) is 0 Å². The third-order valence-corrected chi connectivity index (χ3v) is 5.78. The first kappa shape index (κ1) is 20.1. The van der Waals surface area contributed by atoms with Gasteiger partial charge in [0.05, 0.1) is 11.9 Å². The Morgan fingerprint density at radius 2 is 1.94 bits per heavy atom. The van der Waals surface area contributed by atoms with Crippen LogP contribution in [-0.4, -0.2) is 31.5 Å². The molecule has 34 heavy (non-hydrogen) atoms. The van der Waals surface area contributed by atoms with Crippen molar-refractivity contribution < 1.29 is 22.9 Å². The first-order valence-electron chi connectivity index (χ1n) is 10.6. The highest BCUT2D eigenvalue weighted by Crippen LogP contribution is 2.26. The molecule has 4 heterocycles. The molecular formula is C23H17N5O6. The zero-order valence-corrected chi connectivity index (χ0v) is 17.9. The quantitative estimate of drug-likeness (QED) is 0.401. The summed E-state index contributed by atoms with van der Waals surface area (Å²) < 4.78 is 17.6. The second kappa shape index (κ2) is 7.51. The molecule has 0 aliphatic carbocycles. The van der Waals surface area contributed by atoms with Crippen LogP contribution in [0.25, 0.3) is 33.6 Å². The maximum absolute atomic E-state index is 12.5. The molecule has 6 rings (SSSR count). The average molecular weight is 459 g/mol. The van der Waals surface area contributed by atoms with Gasteiger partial charge >= 0.3 is 5.76 Å². The van der Waals surface area contributed by atoms with Crippen molar-refractivity contribution in [1.82, 2.24) is 25.0 Å². The molecule has 5 aromatic rings. The van der Waals surface area contributed by atoms with Crippen molar-refractivity contribution in [3.05, 3.63) is 64.3 Å². The van der Waals surface area contributed by atoms with Gasteiger partial charge in [0.15, 0.2) is 17.1 Å². The maximum Gasteiger partial charge on any atom is 0.420 e. The largest absolute Gasteiger partial charge is 0.441 e. The van der Waals surface area contributed by atoms with Crippen LogP contribution in [0.5, 0.6) is 0 Å². The lowest BCUT2D eigenvalue weighted by Crippen LogP contribution is -2.43. The SMILES string of the molecule is Cc1nc2ccc(-c3noc(Cc4ccc5oc(=O)n(C6CCC(=O)NC6=O)c5c4)n3)cc2o1. The van der Waals surface area contributed by atoms with Crippen molar-refractivity contribution in [3.8, 4) is 11.4 Å².